The molecule has 1 saturated carbocycles. The van der Waals surface area contributed by atoms with E-state index in [0.717, 1.165) is 38.9 Å². The van der Waals surface area contributed by atoms with E-state index in [1.165, 1.54) is 7.11 Å². The van der Waals surface area contributed by atoms with Crippen molar-refractivity contribution in [1.82, 2.24) is 0 Å². The molecule has 4 heteroatoms. The zero-order valence-electron chi connectivity index (χ0n) is 9.12. The number of methoxy groups -OCH3 is 1. The molecule has 0 aromatic carbocycles. The molecule has 1 aliphatic heterocycles. The van der Waals surface area contributed by atoms with E-state index >= 15 is 0 Å². The summed E-state index contributed by atoms with van der Waals surface area (Å²) in [6, 6.07) is 0. The van der Waals surface area contributed by atoms with Crippen LogP contribution < -0.4 is 0 Å². The highest BCUT2D eigenvalue weighted by Gasteiger charge is 2.59. The topological polar surface area (TPSA) is 55.8 Å². The number of aliphatic hydroxyl groups excluding tert-OH is 1. The maximum Gasteiger partial charge on any atom is 0.314 e. The predicted molar refractivity (Wildman–Crippen MR) is 53.3 cm³/mol. The first-order valence-electron chi connectivity index (χ1n) is 5.43. The van der Waals surface area contributed by atoms with Gasteiger partial charge in [0.1, 0.15) is 0 Å². The Balaban J connectivity index is 2.01. The van der Waals surface area contributed by atoms with Crippen LogP contribution in [0.15, 0.2) is 0 Å². The first-order chi connectivity index (χ1) is 7.16. The molecule has 2 fully saturated rings. The SMILES string of the molecule is COC(=O)C1(CO)CC2(CCOCC2)C1. The van der Waals surface area contributed by atoms with Crippen molar-refractivity contribution >= 4 is 5.97 Å². The summed E-state index contributed by atoms with van der Waals surface area (Å²) in [5.41, 5.74) is -0.388. The van der Waals surface area contributed by atoms with E-state index in [4.69, 9.17) is 9.47 Å². The number of carbonyl (C=O) groups excluding carboxylic acids is 1. The third-order valence-electron chi connectivity index (χ3n) is 3.90. The van der Waals surface area contributed by atoms with Gasteiger partial charge in [-0.3, -0.25) is 4.79 Å². The number of rotatable bonds is 2. The van der Waals surface area contributed by atoms with Crippen molar-refractivity contribution in [2.24, 2.45) is 10.8 Å². The Morgan fingerprint density at radius 2 is 2.00 bits per heavy atom. The average Bonchev–Trinajstić information content (AvgIpc) is 2.25. The zero-order valence-corrected chi connectivity index (χ0v) is 9.12. The summed E-state index contributed by atoms with van der Waals surface area (Å²) in [5, 5.41) is 9.32. The molecule has 1 spiro atoms. The van der Waals surface area contributed by atoms with Crippen LogP contribution in [0.2, 0.25) is 0 Å². The lowest BCUT2D eigenvalue weighted by Crippen LogP contribution is -2.55. The average molecular weight is 214 g/mol. The maximum absolute atomic E-state index is 11.6. The molecule has 0 aromatic heterocycles. The van der Waals surface area contributed by atoms with Crippen molar-refractivity contribution in [2.75, 3.05) is 26.9 Å². The molecule has 0 radical (unpaired) electrons. The van der Waals surface area contributed by atoms with Gasteiger partial charge in [-0.05, 0) is 31.1 Å². The molecular weight excluding hydrogens is 196 g/mol. The number of carbonyl (C=O) groups is 1. The van der Waals surface area contributed by atoms with Gasteiger partial charge < -0.3 is 14.6 Å². The minimum absolute atomic E-state index is 0.0950. The van der Waals surface area contributed by atoms with Gasteiger partial charge in [0.2, 0.25) is 0 Å². The molecule has 0 bridgehead atoms. The van der Waals surface area contributed by atoms with Crippen LogP contribution in [-0.4, -0.2) is 38.0 Å². The summed E-state index contributed by atoms with van der Waals surface area (Å²) in [4.78, 5) is 11.6. The van der Waals surface area contributed by atoms with E-state index in [1.54, 1.807) is 0 Å². The number of esters is 1. The van der Waals surface area contributed by atoms with E-state index in [9.17, 15) is 9.90 Å². The van der Waals surface area contributed by atoms with Crippen LogP contribution >= 0.6 is 0 Å². The highest BCUT2D eigenvalue weighted by atomic mass is 16.5. The molecule has 1 heterocycles. The van der Waals surface area contributed by atoms with Gasteiger partial charge in [-0.1, -0.05) is 0 Å². The second kappa shape index (κ2) is 3.76. The lowest BCUT2D eigenvalue weighted by atomic mass is 9.50. The number of hydrogen-bond donors (Lipinski definition) is 1. The third-order valence-corrected chi connectivity index (χ3v) is 3.90. The largest absolute Gasteiger partial charge is 0.469 e. The molecule has 0 amide bonds. The normalized spacial score (nSPS) is 27.1. The van der Waals surface area contributed by atoms with Gasteiger partial charge >= 0.3 is 5.97 Å². The van der Waals surface area contributed by atoms with Crippen molar-refractivity contribution in [2.45, 2.75) is 25.7 Å². The van der Waals surface area contributed by atoms with Gasteiger partial charge in [-0.2, -0.15) is 0 Å². The fraction of sp³-hybridized carbons (Fsp3) is 0.909. The Labute approximate surface area is 89.6 Å². The second-order valence-electron chi connectivity index (χ2n) is 4.90. The molecule has 0 unspecified atom stereocenters. The van der Waals surface area contributed by atoms with Gasteiger partial charge in [-0.15, -0.1) is 0 Å². The molecule has 1 aliphatic carbocycles. The highest BCUT2D eigenvalue weighted by Crippen LogP contribution is 2.59. The predicted octanol–water partition coefficient (Wildman–Crippen LogP) is 0.729. The van der Waals surface area contributed by atoms with Crippen molar-refractivity contribution in [3.05, 3.63) is 0 Å². The Bertz CT molecular complexity index is 247. The number of ether oxygens (including phenoxy) is 2. The third kappa shape index (κ3) is 1.66. The highest BCUT2D eigenvalue weighted by molar-refractivity contribution is 5.78. The standard InChI is InChI=1S/C11H18O4/c1-14-9(13)11(8-12)6-10(7-11)2-4-15-5-3-10/h12H,2-8H2,1H3. The molecule has 4 nitrogen and oxygen atoms in total. The van der Waals surface area contributed by atoms with E-state index < -0.39 is 5.41 Å². The molecule has 0 atom stereocenters. The molecule has 86 valence electrons. The summed E-state index contributed by atoms with van der Waals surface area (Å²) >= 11 is 0. The lowest BCUT2D eigenvalue weighted by molar-refractivity contribution is -0.184. The molecule has 2 rings (SSSR count). The van der Waals surface area contributed by atoms with Crippen molar-refractivity contribution in [3.8, 4) is 0 Å². The number of hydrogen-bond acceptors (Lipinski definition) is 4. The van der Waals surface area contributed by atoms with Crippen molar-refractivity contribution < 1.29 is 19.4 Å². The minimum Gasteiger partial charge on any atom is -0.469 e. The molecule has 2 aliphatic rings. The quantitative estimate of drug-likeness (QED) is 0.688. The summed E-state index contributed by atoms with van der Waals surface area (Å²) in [5.74, 6) is -0.262. The lowest BCUT2D eigenvalue weighted by Gasteiger charge is -2.55. The van der Waals surface area contributed by atoms with Crippen molar-refractivity contribution in [1.29, 1.82) is 0 Å². The molecule has 1 saturated heterocycles. The van der Waals surface area contributed by atoms with Crippen LogP contribution in [0.5, 0.6) is 0 Å². The van der Waals surface area contributed by atoms with Crippen molar-refractivity contribution in [3.63, 3.8) is 0 Å². The first kappa shape index (κ1) is 10.9. The van der Waals surface area contributed by atoms with Gasteiger partial charge in [0.05, 0.1) is 19.1 Å². The van der Waals surface area contributed by atoms with E-state index in [2.05, 4.69) is 0 Å². The molecule has 0 aromatic rings. The minimum atomic E-state index is -0.619. The van der Waals surface area contributed by atoms with Gasteiger partial charge in [-0.25, -0.2) is 0 Å². The summed E-state index contributed by atoms with van der Waals surface area (Å²) in [6.45, 7) is 1.47. The van der Waals surface area contributed by atoms with Crippen LogP contribution in [0.1, 0.15) is 25.7 Å². The molecule has 1 N–H and O–H groups in total. The molecular formula is C11H18O4. The second-order valence-corrected chi connectivity index (χ2v) is 4.90. The van der Waals surface area contributed by atoms with Gasteiger partial charge in [0.25, 0.3) is 0 Å². The Kier molecular flexibility index (Phi) is 2.73. The zero-order chi connectivity index (χ0) is 10.9. The number of aliphatic hydroxyl groups is 1. The smallest absolute Gasteiger partial charge is 0.314 e. The van der Waals surface area contributed by atoms with E-state index in [0.29, 0.717) is 0 Å². The van der Waals surface area contributed by atoms with Crippen LogP contribution in [-0.2, 0) is 14.3 Å². The Morgan fingerprint density at radius 3 is 2.47 bits per heavy atom. The maximum atomic E-state index is 11.6. The summed E-state index contributed by atoms with van der Waals surface area (Å²) in [7, 11) is 1.38. The van der Waals surface area contributed by atoms with Gasteiger partial charge in [0.15, 0.2) is 0 Å². The van der Waals surface area contributed by atoms with Gasteiger partial charge in [0, 0.05) is 13.2 Å². The Hall–Kier alpha value is -0.610. The summed E-state index contributed by atoms with van der Waals surface area (Å²) < 4.78 is 10.1. The van der Waals surface area contributed by atoms with E-state index in [-0.39, 0.29) is 18.0 Å². The van der Waals surface area contributed by atoms with E-state index in [1.807, 2.05) is 0 Å². The monoisotopic (exact) mass is 214 g/mol. The molecule has 15 heavy (non-hydrogen) atoms. The fourth-order valence-corrected chi connectivity index (χ4v) is 3.08. The van der Waals surface area contributed by atoms with Crippen LogP contribution in [0, 0.1) is 10.8 Å². The fourth-order valence-electron chi connectivity index (χ4n) is 3.08. The Morgan fingerprint density at radius 1 is 1.40 bits per heavy atom. The van der Waals surface area contributed by atoms with Crippen LogP contribution in [0.4, 0.5) is 0 Å². The van der Waals surface area contributed by atoms with Crippen LogP contribution in [0.25, 0.3) is 0 Å². The summed E-state index contributed by atoms with van der Waals surface area (Å²) in [6.07, 6.45) is 3.52. The van der Waals surface area contributed by atoms with Crippen LogP contribution in [0.3, 0.4) is 0 Å². The first-order valence-corrected chi connectivity index (χ1v) is 5.43.